The predicted molar refractivity (Wildman–Crippen MR) is 135 cm³/mol. The van der Waals surface area contributed by atoms with Gasteiger partial charge in [-0.1, -0.05) is 54.1 Å². The fraction of sp³-hybridized carbons (Fsp3) is 0.200. The summed E-state index contributed by atoms with van der Waals surface area (Å²) in [5, 5.41) is 3.26. The first-order valence-electron chi connectivity index (χ1n) is 10.5. The van der Waals surface area contributed by atoms with Gasteiger partial charge in [0.1, 0.15) is 12.1 Å². The number of hydrogen-bond acceptors (Lipinski definition) is 4. The van der Waals surface area contributed by atoms with E-state index < -0.39 is 10.0 Å². The van der Waals surface area contributed by atoms with Crippen molar-refractivity contribution >= 4 is 33.9 Å². The zero-order valence-electron chi connectivity index (χ0n) is 19.2. The van der Waals surface area contributed by atoms with Crippen LogP contribution in [0.5, 0.6) is 5.75 Å². The first kappa shape index (κ1) is 25.3. The maximum Gasteiger partial charge on any atom is 0.284 e. The molecule has 0 saturated heterocycles. The second kappa shape index (κ2) is 11.2. The molecule has 0 aliphatic carbocycles. The van der Waals surface area contributed by atoms with Crippen LogP contribution in [0, 0.1) is 0 Å². The molecule has 0 spiro atoms. The highest BCUT2D eigenvalue weighted by atomic mass is 35.5. The van der Waals surface area contributed by atoms with Gasteiger partial charge in [0.25, 0.3) is 15.9 Å². The molecule has 0 unspecified atom stereocenters. The number of methoxy groups -OCH3 is 1. The van der Waals surface area contributed by atoms with E-state index in [1.807, 2.05) is 36.4 Å². The molecule has 0 heterocycles. The number of ether oxygens (including phenoxy) is 1. The molecule has 3 rings (SSSR count). The number of benzene rings is 3. The van der Waals surface area contributed by atoms with E-state index in [-0.39, 0.29) is 10.8 Å². The fourth-order valence-electron chi connectivity index (χ4n) is 3.28. The van der Waals surface area contributed by atoms with E-state index in [4.69, 9.17) is 16.3 Å². The van der Waals surface area contributed by atoms with Gasteiger partial charge in [-0.2, -0.15) is 8.42 Å². The van der Waals surface area contributed by atoms with E-state index >= 15 is 0 Å². The van der Waals surface area contributed by atoms with Gasteiger partial charge >= 0.3 is 0 Å². The highest BCUT2D eigenvalue weighted by Gasteiger charge is 2.19. The van der Waals surface area contributed by atoms with Crippen molar-refractivity contribution in [1.29, 1.82) is 0 Å². The molecule has 178 valence electrons. The number of rotatable bonds is 9. The molecule has 7 nitrogen and oxygen atoms in total. The maximum atomic E-state index is 13.0. The highest BCUT2D eigenvalue weighted by molar-refractivity contribution is 7.90. The molecule has 3 aromatic rings. The Morgan fingerprint density at radius 1 is 1.09 bits per heavy atom. The Morgan fingerprint density at radius 2 is 1.82 bits per heavy atom. The molecule has 3 aromatic carbocycles. The van der Waals surface area contributed by atoms with Crippen LogP contribution in [0.4, 0.5) is 0 Å². The molecule has 9 heteroatoms. The summed E-state index contributed by atoms with van der Waals surface area (Å²) in [6.45, 7) is 0.291. The SMILES string of the molecule is COc1ccc(Cl)cc1C(=O)NCCc1ccc(-c2ccccc2)c(S(=O)(=O)/N=C/N(C)C)c1. The summed E-state index contributed by atoms with van der Waals surface area (Å²) in [5.74, 6) is 0.0879. The first-order chi connectivity index (χ1) is 16.2. The Morgan fingerprint density at radius 3 is 2.50 bits per heavy atom. The number of halogens is 1. The molecule has 0 fully saturated rings. The minimum absolute atomic E-state index is 0.108. The van der Waals surface area contributed by atoms with Crippen molar-refractivity contribution in [1.82, 2.24) is 10.2 Å². The molecular weight excluding hydrogens is 474 g/mol. The lowest BCUT2D eigenvalue weighted by molar-refractivity contribution is 0.0951. The van der Waals surface area contributed by atoms with Crippen LogP contribution in [0.25, 0.3) is 11.1 Å². The lowest BCUT2D eigenvalue weighted by Gasteiger charge is -2.13. The molecule has 0 aromatic heterocycles. The van der Waals surface area contributed by atoms with E-state index in [9.17, 15) is 13.2 Å². The van der Waals surface area contributed by atoms with Crippen LogP contribution >= 0.6 is 11.6 Å². The molecular formula is C25H26ClN3O4S. The molecule has 0 bridgehead atoms. The monoisotopic (exact) mass is 499 g/mol. The highest BCUT2D eigenvalue weighted by Crippen LogP contribution is 2.30. The summed E-state index contributed by atoms with van der Waals surface area (Å²) in [6, 6.07) is 19.3. The number of carbonyl (C=O) groups is 1. The summed E-state index contributed by atoms with van der Waals surface area (Å²) in [6.07, 6.45) is 1.68. The van der Waals surface area contributed by atoms with Gasteiger partial charge in [0.15, 0.2) is 0 Å². The lowest BCUT2D eigenvalue weighted by atomic mass is 10.0. The summed E-state index contributed by atoms with van der Waals surface area (Å²) >= 11 is 6.01. The first-order valence-corrected chi connectivity index (χ1v) is 12.3. The van der Waals surface area contributed by atoms with Gasteiger partial charge in [-0.05, 0) is 41.8 Å². The van der Waals surface area contributed by atoms with Gasteiger partial charge in [0.2, 0.25) is 0 Å². The average Bonchev–Trinajstić information content (AvgIpc) is 2.83. The number of nitrogens with one attached hydrogen (secondary N) is 1. The number of nitrogens with zero attached hydrogens (tertiary/aromatic N) is 2. The Labute approximate surface area is 205 Å². The van der Waals surface area contributed by atoms with Gasteiger partial charge in [0, 0.05) is 31.2 Å². The minimum Gasteiger partial charge on any atom is -0.496 e. The number of amides is 1. The third kappa shape index (κ3) is 6.36. The fourth-order valence-corrected chi connectivity index (χ4v) is 4.64. The number of carbonyl (C=O) groups excluding carboxylic acids is 1. The number of sulfonamides is 1. The molecule has 0 aliphatic heterocycles. The van der Waals surface area contributed by atoms with Crippen molar-refractivity contribution in [2.75, 3.05) is 27.7 Å². The standard InChI is InChI=1S/C25H26ClN3O4S/c1-29(2)17-28-34(31,32)24-15-18(9-11-21(24)19-7-5-4-6-8-19)13-14-27-25(30)22-16-20(26)10-12-23(22)33-3/h4-12,15-17H,13-14H2,1-3H3,(H,27,30)/b28-17+. The Kier molecular flexibility index (Phi) is 8.31. The summed E-state index contributed by atoms with van der Waals surface area (Å²) in [5.41, 5.74) is 2.41. The van der Waals surface area contributed by atoms with Crippen LogP contribution in [0.15, 0.2) is 76.0 Å². The molecule has 34 heavy (non-hydrogen) atoms. The molecule has 1 N–H and O–H groups in total. The van der Waals surface area contributed by atoms with Crippen LogP contribution < -0.4 is 10.1 Å². The van der Waals surface area contributed by atoms with Crippen LogP contribution in [0.3, 0.4) is 0 Å². The number of hydrogen-bond donors (Lipinski definition) is 1. The van der Waals surface area contributed by atoms with E-state index in [1.165, 1.54) is 19.5 Å². The average molecular weight is 500 g/mol. The van der Waals surface area contributed by atoms with Crippen molar-refractivity contribution in [3.05, 3.63) is 82.9 Å². The zero-order chi connectivity index (χ0) is 24.7. The van der Waals surface area contributed by atoms with Crippen molar-refractivity contribution in [3.63, 3.8) is 0 Å². The summed E-state index contributed by atoms with van der Waals surface area (Å²) < 4.78 is 35.1. The third-order valence-electron chi connectivity index (χ3n) is 4.93. The molecule has 0 radical (unpaired) electrons. The molecule has 1 amide bonds. The quantitative estimate of drug-likeness (QED) is 0.351. The smallest absolute Gasteiger partial charge is 0.284 e. The second-order valence-corrected chi connectivity index (χ2v) is 9.74. The molecule has 0 atom stereocenters. The van der Waals surface area contributed by atoms with E-state index in [2.05, 4.69) is 9.71 Å². The van der Waals surface area contributed by atoms with Crippen molar-refractivity contribution in [2.45, 2.75) is 11.3 Å². The largest absolute Gasteiger partial charge is 0.496 e. The predicted octanol–water partition coefficient (Wildman–Crippen LogP) is 4.27. The van der Waals surface area contributed by atoms with Gasteiger partial charge in [-0.15, -0.1) is 4.40 Å². The van der Waals surface area contributed by atoms with Gasteiger partial charge in [-0.25, -0.2) is 0 Å². The van der Waals surface area contributed by atoms with Gasteiger partial charge in [0.05, 0.1) is 17.6 Å². The van der Waals surface area contributed by atoms with Crippen LogP contribution in [0.2, 0.25) is 5.02 Å². The lowest BCUT2D eigenvalue weighted by Crippen LogP contribution is -2.26. The van der Waals surface area contributed by atoms with Crippen LogP contribution in [-0.4, -0.2) is 53.3 Å². The van der Waals surface area contributed by atoms with Crippen LogP contribution in [-0.2, 0) is 16.4 Å². The Bertz CT molecular complexity index is 1290. The normalized spacial score (nSPS) is 11.4. The topological polar surface area (TPSA) is 88.1 Å². The Hall–Kier alpha value is -3.36. The zero-order valence-corrected chi connectivity index (χ0v) is 20.7. The molecule has 0 saturated carbocycles. The van der Waals surface area contributed by atoms with Crippen LogP contribution in [0.1, 0.15) is 15.9 Å². The summed E-state index contributed by atoms with van der Waals surface area (Å²) in [7, 11) is 0.935. The maximum absolute atomic E-state index is 13.0. The Balaban J connectivity index is 1.85. The van der Waals surface area contributed by atoms with Gasteiger partial charge in [-0.3, -0.25) is 4.79 Å². The van der Waals surface area contributed by atoms with E-state index in [1.54, 1.807) is 43.3 Å². The van der Waals surface area contributed by atoms with Crippen molar-refractivity contribution in [3.8, 4) is 16.9 Å². The second-order valence-electron chi connectivity index (χ2n) is 7.71. The van der Waals surface area contributed by atoms with Crippen molar-refractivity contribution in [2.24, 2.45) is 4.40 Å². The van der Waals surface area contributed by atoms with Crippen molar-refractivity contribution < 1.29 is 17.9 Å². The van der Waals surface area contributed by atoms with E-state index in [0.717, 1.165) is 11.1 Å². The summed E-state index contributed by atoms with van der Waals surface area (Å²) in [4.78, 5) is 14.3. The molecule has 0 aliphatic rings. The van der Waals surface area contributed by atoms with Gasteiger partial charge < -0.3 is 15.0 Å². The van der Waals surface area contributed by atoms with E-state index in [0.29, 0.717) is 34.9 Å². The minimum atomic E-state index is -3.95. The third-order valence-corrected chi connectivity index (χ3v) is 6.43.